The van der Waals surface area contributed by atoms with Crippen LogP contribution in [0.25, 0.3) is 0 Å². The third-order valence-corrected chi connectivity index (χ3v) is 6.00. The Morgan fingerprint density at radius 3 is 2.32 bits per heavy atom. The molecule has 1 amide bonds. The van der Waals surface area contributed by atoms with Crippen LogP contribution in [0.3, 0.4) is 0 Å². The van der Waals surface area contributed by atoms with E-state index < -0.39 is 20.2 Å². The van der Waals surface area contributed by atoms with Crippen molar-refractivity contribution in [2.45, 2.75) is 36.3 Å². The van der Waals surface area contributed by atoms with Crippen molar-refractivity contribution in [3.05, 3.63) is 59.7 Å². The van der Waals surface area contributed by atoms with Crippen molar-refractivity contribution in [2.24, 2.45) is 0 Å². The molecule has 3 rings (SSSR count). The van der Waals surface area contributed by atoms with Gasteiger partial charge in [-0.25, -0.2) is 8.42 Å². The van der Waals surface area contributed by atoms with Gasteiger partial charge >= 0.3 is 5.51 Å². The molecule has 1 aliphatic heterocycles. The molecule has 0 spiro atoms. The molecule has 0 atom stereocenters. The van der Waals surface area contributed by atoms with Gasteiger partial charge in [-0.2, -0.15) is 13.2 Å². The lowest BCUT2D eigenvalue weighted by atomic mass is 10.1. The number of benzene rings is 2. The number of carbonyl (C=O) groups excluding carboxylic acids is 1. The summed E-state index contributed by atoms with van der Waals surface area (Å²) in [5.74, 6) is 0.150. The highest BCUT2D eigenvalue weighted by Crippen LogP contribution is 2.30. The monoisotopic (exact) mass is 412 g/mol. The average Bonchev–Trinajstić information content (AvgIpc) is 3.04. The molecule has 1 fully saturated rings. The van der Waals surface area contributed by atoms with Crippen molar-refractivity contribution in [2.75, 3.05) is 11.9 Å². The summed E-state index contributed by atoms with van der Waals surface area (Å²) >= 11 is 0. The molecule has 0 aromatic heterocycles. The summed E-state index contributed by atoms with van der Waals surface area (Å²) in [7, 11) is -5.34. The average molecular weight is 412 g/mol. The Balaban J connectivity index is 1.63. The molecule has 1 heterocycles. The number of halogens is 3. The third kappa shape index (κ3) is 4.46. The zero-order valence-corrected chi connectivity index (χ0v) is 15.7. The third-order valence-electron chi connectivity index (χ3n) is 4.50. The molecule has 0 radical (unpaired) electrons. The molecule has 28 heavy (non-hydrogen) atoms. The van der Waals surface area contributed by atoms with Crippen LogP contribution in [0.1, 0.15) is 24.0 Å². The Labute approximate surface area is 161 Å². The summed E-state index contributed by atoms with van der Waals surface area (Å²) in [5, 5.41) is 3.05. The van der Waals surface area contributed by atoms with E-state index in [1.807, 2.05) is 29.2 Å². The predicted molar refractivity (Wildman–Crippen MR) is 98.1 cm³/mol. The summed E-state index contributed by atoms with van der Waals surface area (Å²) in [6, 6.07) is 12.1. The minimum atomic E-state index is -5.34. The highest BCUT2D eigenvalue weighted by Gasteiger charge is 2.46. The van der Waals surface area contributed by atoms with Gasteiger partial charge in [0.05, 0.1) is 4.90 Å². The molecule has 2 aromatic carbocycles. The van der Waals surface area contributed by atoms with E-state index in [2.05, 4.69) is 5.32 Å². The van der Waals surface area contributed by atoms with E-state index in [1.165, 1.54) is 12.1 Å². The van der Waals surface area contributed by atoms with Crippen LogP contribution in [0.15, 0.2) is 53.4 Å². The van der Waals surface area contributed by atoms with Crippen LogP contribution >= 0.6 is 0 Å². The van der Waals surface area contributed by atoms with E-state index in [4.69, 9.17) is 0 Å². The number of anilines is 1. The van der Waals surface area contributed by atoms with Crippen LogP contribution in [0.2, 0.25) is 0 Å². The molecule has 0 bridgehead atoms. The Kier molecular flexibility index (Phi) is 5.64. The number of hydrogen-bond acceptors (Lipinski definition) is 4. The maximum atomic E-state index is 12.6. The van der Waals surface area contributed by atoms with E-state index in [1.54, 1.807) is 0 Å². The number of carbonyl (C=O) groups is 1. The number of nitrogens with zero attached hydrogens (tertiary/aromatic N) is 1. The number of hydrogen-bond donors (Lipinski definition) is 1. The number of alkyl halides is 3. The summed E-state index contributed by atoms with van der Waals surface area (Å²) < 4.78 is 60.5. The zero-order chi connectivity index (χ0) is 20.4. The van der Waals surface area contributed by atoms with E-state index in [9.17, 15) is 26.4 Å². The molecule has 5 nitrogen and oxygen atoms in total. The fourth-order valence-electron chi connectivity index (χ4n) is 3.02. The summed E-state index contributed by atoms with van der Waals surface area (Å²) in [6.07, 6.45) is 1.46. The van der Waals surface area contributed by atoms with Gasteiger partial charge in [-0.05, 0) is 41.8 Å². The van der Waals surface area contributed by atoms with Gasteiger partial charge in [0.25, 0.3) is 9.84 Å². The SMILES string of the molecule is O=C1CCCN1Cc1cccc(CNc2ccc(S(=O)(=O)C(F)(F)F)cc2)c1. The predicted octanol–water partition coefficient (Wildman–Crippen LogP) is 3.71. The van der Waals surface area contributed by atoms with Gasteiger partial charge in [0.15, 0.2) is 0 Å². The molecule has 1 aliphatic rings. The van der Waals surface area contributed by atoms with Gasteiger partial charge in [-0.3, -0.25) is 4.79 Å². The fourth-order valence-corrected chi connectivity index (χ4v) is 3.78. The highest BCUT2D eigenvalue weighted by molar-refractivity contribution is 7.92. The molecular formula is C19H19F3N2O3S. The Morgan fingerprint density at radius 2 is 1.71 bits per heavy atom. The minimum Gasteiger partial charge on any atom is -0.381 e. The molecule has 0 unspecified atom stereocenters. The molecule has 150 valence electrons. The number of likely N-dealkylation sites (tertiary alicyclic amines) is 1. The first-order valence-electron chi connectivity index (χ1n) is 8.68. The standard InChI is InChI=1S/C19H19F3N2O3S/c20-19(21,22)28(26,27)17-8-6-16(7-9-17)23-12-14-3-1-4-15(11-14)13-24-10-2-5-18(24)25/h1,3-4,6-9,11,23H,2,5,10,12-13H2. The molecule has 1 N–H and O–H groups in total. The number of nitrogens with one attached hydrogen (secondary N) is 1. The molecule has 1 saturated heterocycles. The van der Waals surface area contributed by atoms with Crippen molar-refractivity contribution < 1.29 is 26.4 Å². The first kappa shape index (κ1) is 20.2. The van der Waals surface area contributed by atoms with Gasteiger partial charge in [-0.15, -0.1) is 0 Å². The van der Waals surface area contributed by atoms with Crippen molar-refractivity contribution in [1.29, 1.82) is 0 Å². The van der Waals surface area contributed by atoms with Crippen molar-refractivity contribution in [3.8, 4) is 0 Å². The van der Waals surface area contributed by atoms with E-state index in [0.29, 0.717) is 25.2 Å². The van der Waals surface area contributed by atoms with Gasteiger partial charge < -0.3 is 10.2 Å². The smallest absolute Gasteiger partial charge is 0.381 e. The Bertz CT molecular complexity index is 957. The first-order valence-corrected chi connectivity index (χ1v) is 10.2. The lowest BCUT2D eigenvalue weighted by Gasteiger charge is -2.16. The van der Waals surface area contributed by atoms with Crippen molar-refractivity contribution >= 4 is 21.4 Å². The Morgan fingerprint density at radius 1 is 1.04 bits per heavy atom. The first-order chi connectivity index (χ1) is 13.2. The quantitative estimate of drug-likeness (QED) is 0.786. The number of amides is 1. The highest BCUT2D eigenvalue weighted by atomic mass is 32.2. The van der Waals surface area contributed by atoms with Crippen molar-refractivity contribution in [1.82, 2.24) is 4.90 Å². The van der Waals surface area contributed by atoms with Crippen LogP contribution in [0, 0.1) is 0 Å². The van der Waals surface area contributed by atoms with Crippen LogP contribution in [0.4, 0.5) is 18.9 Å². The number of rotatable bonds is 6. The van der Waals surface area contributed by atoms with E-state index in [0.717, 1.165) is 36.2 Å². The lowest BCUT2D eigenvalue weighted by Crippen LogP contribution is -2.23. The molecule has 2 aromatic rings. The van der Waals surface area contributed by atoms with Gasteiger partial charge in [0.2, 0.25) is 5.91 Å². The maximum absolute atomic E-state index is 12.6. The van der Waals surface area contributed by atoms with Crippen LogP contribution in [-0.2, 0) is 27.7 Å². The normalized spacial score (nSPS) is 15.1. The Hall–Kier alpha value is -2.55. The van der Waals surface area contributed by atoms with Crippen LogP contribution in [-0.4, -0.2) is 31.3 Å². The lowest BCUT2D eigenvalue weighted by molar-refractivity contribution is -0.128. The van der Waals surface area contributed by atoms with Gasteiger partial charge in [0.1, 0.15) is 0 Å². The minimum absolute atomic E-state index is 0.150. The second-order valence-corrected chi connectivity index (χ2v) is 8.51. The molecule has 9 heteroatoms. The van der Waals surface area contributed by atoms with E-state index >= 15 is 0 Å². The van der Waals surface area contributed by atoms with Gasteiger partial charge in [0, 0.05) is 31.7 Å². The topological polar surface area (TPSA) is 66.5 Å². The van der Waals surface area contributed by atoms with Crippen molar-refractivity contribution in [3.63, 3.8) is 0 Å². The van der Waals surface area contributed by atoms with E-state index in [-0.39, 0.29) is 5.91 Å². The van der Waals surface area contributed by atoms with Crippen LogP contribution in [0.5, 0.6) is 0 Å². The second kappa shape index (κ2) is 7.83. The second-order valence-electron chi connectivity index (χ2n) is 6.57. The summed E-state index contributed by atoms with van der Waals surface area (Å²) in [4.78, 5) is 12.8. The van der Waals surface area contributed by atoms with Gasteiger partial charge in [-0.1, -0.05) is 24.3 Å². The fraction of sp³-hybridized carbons (Fsp3) is 0.316. The molecule has 0 aliphatic carbocycles. The molecular weight excluding hydrogens is 393 g/mol. The zero-order valence-electron chi connectivity index (χ0n) is 14.9. The summed E-state index contributed by atoms with van der Waals surface area (Å²) in [5.41, 5.74) is -2.88. The summed E-state index contributed by atoms with van der Waals surface area (Å²) in [6.45, 7) is 1.72. The number of sulfone groups is 1. The largest absolute Gasteiger partial charge is 0.501 e. The maximum Gasteiger partial charge on any atom is 0.501 e. The molecule has 0 saturated carbocycles. The van der Waals surface area contributed by atoms with Crippen LogP contribution < -0.4 is 5.32 Å².